The molecule has 2 aliphatic rings. The molecule has 1 saturated carbocycles. The molecule has 4 nitrogen and oxygen atoms in total. The molecule has 0 saturated heterocycles. The fraction of sp³-hybridized carbons (Fsp3) is 0.278. The fourth-order valence-electron chi connectivity index (χ4n) is 4.35. The van der Waals surface area contributed by atoms with E-state index in [1.54, 1.807) is 0 Å². The largest absolute Gasteiger partial charge is 0.493 e. The molecule has 2 atom stereocenters. The Bertz CT molecular complexity index is 1020. The number of aromatic hydroxyl groups is 1. The molecule has 5 heteroatoms. The Kier molecular flexibility index (Phi) is 2.63. The molecule has 2 unspecified atom stereocenters. The Balaban J connectivity index is 1.86. The van der Waals surface area contributed by atoms with Crippen LogP contribution in [-0.4, -0.2) is 14.2 Å². The molecule has 2 heterocycles. The first-order chi connectivity index (χ1) is 11.2. The lowest BCUT2D eigenvalue weighted by atomic mass is 10.1. The predicted molar refractivity (Wildman–Crippen MR) is 92.5 cm³/mol. The van der Waals surface area contributed by atoms with Crippen LogP contribution in [0.3, 0.4) is 0 Å². The van der Waals surface area contributed by atoms with Gasteiger partial charge in [0.25, 0.3) is 0 Å². The van der Waals surface area contributed by atoms with E-state index in [-0.39, 0.29) is 17.6 Å². The van der Waals surface area contributed by atoms with Crippen molar-refractivity contribution >= 4 is 26.7 Å². The maximum atomic E-state index is 13.0. The second kappa shape index (κ2) is 4.51. The van der Waals surface area contributed by atoms with E-state index in [0.717, 1.165) is 45.9 Å². The van der Waals surface area contributed by atoms with Crippen molar-refractivity contribution in [3.8, 4) is 11.6 Å². The first-order valence-corrected chi connectivity index (χ1v) is 8.70. The van der Waals surface area contributed by atoms with Crippen molar-refractivity contribution in [3.05, 3.63) is 57.0 Å². The Labute approximate surface area is 141 Å². The summed E-state index contributed by atoms with van der Waals surface area (Å²) in [5.74, 6) is 0.449. The lowest BCUT2D eigenvalue weighted by molar-refractivity contribution is 0.428. The molecule has 1 N–H and O–H groups in total. The zero-order valence-corrected chi connectivity index (χ0v) is 14.0. The summed E-state index contributed by atoms with van der Waals surface area (Å²) in [6, 6.07) is 12.0. The molecule has 0 radical (unpaired) electrons. The predicted octanol–water partition coefficient (Wildman–Crippen LogP) is 4.08. The van der Waals surface area contributed by atoms with Gasteiger partial charge in [-0.05, 0) is 36.8 Å². The van der Waals surface area contributed by atoms with Crippen molar-refractivity contribution in [3.63, 3.8) is 0 Å². The van der Waals surface area contributed by atoms with Crippen LogP contribution in [0, 0.1) is 0 Å². The van der Waals surface area contributed by atoms with Crippen LogP contribution >= 0.6 is 15.9 Å². The quantitative estimate of drug-likeness (QED) is 0.701. The Morgan fingerprint density at radius 2 is 1.87 bits per heavy atom. The van der Waals surface area contributed by atoms with Gasteiger partial charge >= 0.3 is 5.69 Å². The standard InChI is InChI=1S/C18H15BrN2O2/c19-14-7-8-15(13-4-2-1-3-12(13)14)21-17(22)16-10-5-6-11(9-10)20(16)18(21)23/h1-4,7-8,10-11,22H,5-6,9H2. The van der Waals surface area contributed by atoms with Crippen molar-refractivity contribution in [1.29, 1.82) is 0 Å². The number of aromatic nitrogens is 2. The van der Waals surface area contributed by atoms with Gasteiger partial charge in [-0.1, -0.05) is 40.2 Å². The minimum absolute atomic E-state index is 0.114. The number of rotatable bonds is 1. The van der Waals surface area contributed by atoms with E-state index in [9.17, 15) is 9.90 Å². The monoisotopic (exact) mass is 370 g/mol. The lowest BCUT2D eigenvalue weighted by Crippen LogP contribution is -2.25. The summed E-state index contributed by atoms with van der Waals surface area (Å²) in [6.45, 7) is 0. The van der Waals surface area contributed by atoms with Gasteiger partial charge in [-0.2, -0.15) is 0 Å². The molecule has 1 aromatic heterocycles. The third-order valence-corrected chi connectivity index (χ3v) is 6.03. The number of benzene rings is 2. The van der Waals surface area contributed by atoms with Gasteiger partial charge in [0.2, 0.25) is 5.88 Å². The van der Waals surface area contributed by atoms with Crippen LogP contribution in [0.5, 0.6) is 5.88 Å². The highest BCUT2D eigenvalue weighted by molar-refractivity contribution is 9.10. The highest BCUT2D eigenvalue weighted by Crippen LogP contribution is 2.51. The molecular formula is C18H15BrN2O2. The summed E-state index contributed by atoms with van der Waals surface area (Å²) < 4.78 is 4.28. The Morgan fingerprint density at radius 3 is 2.65 bits per heavy atom. The van der Waals surface area contributed by atoms with Crippen LogP contribution in [0.25, 0.3) is 16.5 Å². The van der Waals surface area contributed by atoms with Crippen LogP contribution in [-0.2, 0) is 0 Å². The lowest BCUT2D eigenvalue weighted by Gasteiger charge is -2.11. The average molecular weight is 371 g/mol. The van der Waals surface area contributed by atoms with Gasteiger partial charge in [0.05, 0.1) is 11.4 Å². The van der Waals surface area contributed by atoms with Gasteiger partial charge in [0, 0.05) is 21.8 Å². The topological polar surface area (TPSA) is 47.2 Å². The zero-order valence-electron chi connectivity index (χ0n) is 12.4. The number of imidazole rings is 1. The number of hydrogen-bond donors (Lipinski definition) is 1. The molecule has 2 aromatic carbocycles. The summed E-state index contributed by atoms with van der Waals surface area (Å²) in [6.07, 6.45) is 3.12. The van der Waals surface area contributed by atoms with Crippen LogP contribution < -0.4 is 5.69 Å². The fourth-order valence-corrected chi connectivity index (χ4v) is 4.83. The smallest absolute Gasteiger partial charge is 0.336 e. The number of fused-ring (bicyclic) bond motifs is 6. The van der Waals surface area contributed by atoms with Crippen LogP contribution in [0.1, 0.15) is 36.9 Å². The summed E-state index contributed by atoms with van der Waals surface area (Å²) >= 11 is 3.56. The Hall–Kier alpha value is -2.01. The summed E-state index contributed by atoms with van der Waals surface area (Å²) in [7, 11) is 0. The maximum absolute atomic E-state index is 13.0. The second-order valence-electron chi connectivity index (χ2n) is 6.47. The van der Waals surface area contributed by atoms with Gasteiger partial charge < -0.3 is 5.11 Å². The van der Waals surface area contributed by atoms with Crippen molar-refractivity contribution in [2.45, 2.75) is 31.2 Å². The minimum atomic E-state index is -0.114. The highest BCUT2D eigenvalue weighted by Gasteiger charge is 2.42. The van der Waals surface area contributed by atoms with E-state index in [0.29, 0.717) is 5.92 Å². The molecule has 1 fully saturated rings. The molecule has 2 bridgehead atoms. The van der Waals surface area contributed by atoms with Crippen molar-refractivity contribution in [1.82, 2.24) is 9.13 Å². The normalized spacial score (nSPS) is 22.0. The third kappa shape index (κ3) is 1.63. The maximum Gasteiger partial charge on any atom is 0.336 e. The van der Waals surface area contributed by atoms with E-state index in [1.165, 1.54) is 4.57 Å². The van der Waals surface area contributed by atoms with Gasteiger partial charge in [0.15, 0.2) is 0 Å². The van der Waals surface area contributed by atoms with E-state index in [1.807, 2.05) is 41.0 Å². The highest BCUT2D eigenvalue weighted by atomic mass is 79.9. The molecule has 23 heavy (non-hydrogen) atoms. The minimum Gasteiger partial charge on any atom is -0.493 e. The molecule has 3 aromatic rings. The Morgan fingerprint density at radius 1 is 1.09 bits per heavy atom. The van der Waals surface area contributed by atoms with Crippen molar-refractivity contribution < 1.29 is 5.11 Å². The summed E-state index contributed by atoms with van der Waals surface area (Å²) in [5, 5.41) is 12.8. The van der Waals surface area contributed by atoms with Crippen LogP contribution in [0.4, 0.5) is 0 Å². The van der Waals surface area contributed by atoms with Gasteiger partial charge in [0.1, 0.15) is 0 Å². The van der Waals surface area contributed by atoms with Gasteiger partial charge in [-0.15, -0.1) is 0 Å². The van der Waals surface area contributed by atoms with E-state index < -0.39 is 0 Å². The van der Waals surface area contributed by atoms with Crippen molar-refractivity contribution in [2.24, 2.45) is 0 Å². The number of hydrogen-bond acceptors (Lipinski definition) is 2. The average Bonchev–Trinajstić information content (AvgIpc) is 3.24. The first kappa shape index (κ1) is 13.4. The van der Waals surface area contributed by atoms with Gasteiger partial charge in [-0.3, -0.25) is 4.57 Å². The second-order valence-corrected chi connectivity index (χ2v) is 7.33. The molecule has 1 aliphatic heterocycles. The summed E-state index contributed by atoms with van der Waals surface area (Å²) in [4.78, 5) is 13.0. The van der Waals surface area contributed by atoms with E-state index in [2.05, 4.69) is 15.9 Å². The van der Waals surface area contributed by atoms with Crippen molar-refractivity contribution in [2.75, 3.05) is 0 Å². The van der Waals surface area contributed by atoms with E-state index >= 15 is 0 Å². The van der Waals surface area contributed by atoms with Crippen LogP contribution in [0.15, 0.2) is 45.7 Å². The number of halogens is 1. The molecule has 0 amide bonds. The molecular weight excluding hydrogens is 356 g/mol. The number of nitrogens with zero attached hydrogens (tertiary/aromatic N) is 2. The SMILES string of the molecule is O=c1n(-c2ccc(Br)c3ccccc23)c(O)c2n1C1CCC2C1. The molecule has 0 spiro atoms. The summed E-state index contributed by atoms with van der Waals surface area (Å²) in [5.41, 5.74) is 1.46. The van der Waals surface area contributed by atoms with Gasteiger partial charge in [-0.25, -0.2) is 9.36 Å². The first-order valence-electron chi connectivity index (χ1n) is 7.90. The molecule has 5 rings (SSSR count). The van der Waals surface area contributed by atoms with E-state index in [4.69, 9.17) is 0 Å². The third-order valence-electron chi connectivity index (χ3n) is 5.34. The van der Waals surface area contributed by atoms with Crippen LogP contribution in [0.2, 0.25) is 0 Å². The molecule has 1 aliphatic carbocycles. The molecule has 116 valence electrons. The zero-order chi connectivity index (χ0) is 15.7.